The van der Waals surface area contributed by atoms with Crippen molar-refractivity contribution in [2.75, 3.05) is 39.8 Å². The van der Waals surface area contributed by atoms with Crippen LogP contribution >= 0.6 is 24.0 Å². The van der Waals surface area contributed by atoms with Crippen molar-refractivity contribution in [3.63, 3.8) is 0 Å². The van der Waals surface area contributed by atoms with Gasteiger partial charge in [0.25, 0.3) is 0 Å². The molecule has 0 atom stereocenters. The summed E-state index contributed by atoms with van der Waals surface area (Å²) in [5.41, 5.74) is 1.48. The van der Waals surface area contributed by atoms with Crippen molar-refractivity contribution in [1.82, 2.24) is 15.5 Å². The van der Waals surface area contributed by atoms with E-state index in [-0.39, 0.29) is 29.4 Å². The second kappa shape index (κ2) is 11.1. The zero-order valence-electron chi connectivity index (χ0n) is 16.0. The highest BCUT2D eigenvalue weighted by molar-refractivity contribution is 14.0. The van der Waals surface area contributed by atoms with Gasteiger partial charge in [0.15, 0.2) is 5.96 Å². The smallest absolute Gasteiger partial charge is 0.357 e. The standard InChI is InChI=1S/C19H29F3N4.HI/c1-3-23-17(24-12-7-13-26(2)15-19(20,21)22)25-14-18(10-11-18)16-8-5-4-6-9-16;/h4-6,8-9H,3,7,10-15H2,1-2H3,(H2,23,24,25);1H. The van der Waals surface area contributed by atoms with E-state index < -0.39 is 12.7 Å². The topological polar surface area (TPSA) is 39.7 Å². The first kappa shape index (κ1) is 24.0. The summed E-state index contributed by atoms with van der Waals surface area (Å²) in [5.74, 6) is 0.730. The van der Waals surface area contributed by atoms with Gasteiger partial charge in [0.05, 0.1) is 13.1 Å². The number of halogens is 4. The van der Waals surface area contributed by atoms with Crippen molar-refractivity contribution in [3.05, 3.63) is 35.9 Å². The maximum absolute atomic E-state index is 12.3. The molecule has 1 aromatic carbocycles. The predicted octanol–water partition coefficient (Wildman–Crippen LogP) is 3.78. The van der Waals surface area contributed by atoms with Crippen molar-refractivity contribution in [2.24, 2.45) is 4.99 Å². The molecule has 0 aromatic heterocycles. The molecule has 154 valence electrons. The lowest BCUT2D eigenvalue weighted by atomic mass is 9.96. The highest BCUT2D eigenvalue weighted by Gasteiger charge is 2.43. The summed E-state index contributed by atoms with van der Waals surface area (Å²) >= 11 is 0. The first-order valence-corrected chi connectivity index (χ1v) is 9.18. The fourth-order valence-electron chi connectivity index (χ4n) is 2.99. The number of nitrogens with zero attached hydrogens (tertiary/aromatic N) is 2. The number of nitrogens with one attached hydrogen (secondary N) is 2. The maximum atomic E-state index is 12.3. The predicted molar refractivity (Wildman–Crippen MR) is 115 cm³/mol. The summed E-state index contributed by atoms with van der Waals surface area (Å²) in [5, 5.41) is 6.43. The van der Waals surface area contributed by atoms with E-state index in [0.29, 0.717) is 19.5 Å². The molecule has 1 saturated carbocycles. The molecule has 4 nitrogen and oxygen atoms in total. The van der Waals surface area contributed by atoms with E-state index in [1.54, 1.807) is 0 Å². The molecule has 0 radical (unpaired) electrons. The highest BCUT2D eigenvalue weighted by atomic mass is 127. The lowest BCUT2D eigenvalue weighted by Crippen LogP contribution is -2.39. The van der Waals surface area contributed by atoms with Crippen molar-refractivity contribution >= 4 is 29.9 Å². The molecule has 8 heteroatoms. The summed E-state index contributed by atoms with van der Waals surface area (Å²) in [4.78, 5) is 5.99. The zero-order valence-corrected chi connectivity index (χ0v) is 18.3. The van der Waals surface area contributed by atoms with Crippen LogP contribution in [0.3, 0.4) is 0 Å². The van der Waals surface area contributed by atoms with Crippen LogP contribution in [0.1, 0.15) is 31.7 Å². The van der Waals surface area contributed by atoms with Crippen molar-refractivity contribution in [2.45, 2.75) is 37.8 Å². The van der Waals surface area contributed by atoms with Gasteiger partial charge >= 0.3 is 6.18 Å². The molecule has 0 spiro atoms. The van der Waals surface area contributed by atoms with Gasteiger partial charge in [-0.2, -0.15) is 13.2 Å². The molecule has 27 heavy (non-hydrogen) atoms. The number of guanidine groups is 1. The second-order valence-corrected chi connectivity index (χ2v) is 6.97. The Balaban J connectivity index is 0.00000364. The van der Waals surface area contributed by atoms with E-state index in [1.165, 1.54) is 17.5 Å². The van der Waals surface area contributed by atoms with Gasteiger partial charge in [0.2, 0.25) is 0 Å². The van der Waals surface area contributed by atoms with Crippen LogP contribution in [-0.4, -0.2) is 56.8 Å². The number of hydrogen-bond donors (Lipinski definition) is 2. The van der Waals surface area contributed by atoms with Crippen LogP contribution in [-0.2, 0) is 5.41 Å². The zero-order chi connectivity index (χ0) is 19.0. The Morgan fingerprint density at radius 3 is 2.41 bits per heavy atom. The lowest BCUT2D eigenvalue weighted by molar-refractivity contribution is -0.143. The monoisotopic (exact) mass is 498 g/mol. The van der Waals surface area contributed by atoms with Crippen LogP contribution in [0.4, 0.5) is 13.2 Å². The normalized spacial score (nSPS) is 16.0. The fraction of sp³-hybridized carbons (Fsp3) is 0.632. The Kier molecular flexibility index (Phi) is 9.86. The minimum absolute atomic E-state index is 0. The van der Waals surface area contributed by atoms with E-state index in [0.717, 1.165) is 31.9 Å². The Hall–Kier alpha value is -1.03. The van der Waals surface area contributed by atoms with Crippen molar-refractivity contribution < 1.29 is 13.2 Å². The molecule has 0 amide bonds. The lowest BCUT2D eigenvalue weighted by Gasteiger charge is -2.19. The van der Waals surface area contributed by atoms with E-state index >= 15 is 0 Å². The van der Waals surface area contributed by atoms with Gasteiger partial charge in [0, 0.05) is 18.5 Å². The molecule has 0 saturated heterocycles. The molecule has 2 rings (SSSR count). The van der Waals surface area contributed by atoms with Crippen LogP contribution in [0.15, 0.2) is 35.3 Å². The van der Waals surface area contributed by atoms with E-state index in [4.69, 9.17) is 4.99 Å². The Bertz CT molecular complexity index is 574. The minimum atomic E-state index is -4.14. The van der Waals surface area contributed by atoms with Crippen molar-refractivity contribution in [1.29, 1.82) is 0 Å². The number of benzene rings is 1. The first-order valence-electron chi connectivity index (χ1n) is 9.18. The third-order valence-corrected chi connectivity index (χ3v) is 4.58. The molecular formula is C19H30F3IN4. The van der Waals surface area contributed by atoms with E-state index in [1.807, 2.05) is 13.0 Å². The first-order chi connectivity index (χ1) is 12.3. The average Bonchev–Trinajstić information content (AvgIpc) is 3.37. The van der Waals surface area contributed by atoms with Crippen LogP contribution < -0.4 is 10.6 Å². The van der Waals surface area contributed by atoms with E-state index in [9.17, 15) is 13.2 Å². The molecule has 0 bridgehead atoms. The average molecular weight is 498 g/mol. The van der Waals surface area contributed by atoms with Crippen LogP contribution in [0, 0.1) is 0 Å². The van der Waals surface area contributed by atoms with Crippen LogP contribution in [0.2, 0.25) is 0 Å². The molecule has 1 fully saturated rings. The summed E-state index contributed by atoms with van der Waals surface area (Å²) in [6.45, 7) is 3.57. The highest BCUT2D eigenvalue weighted by Crippen LogP contribution is 2.48. The summed E-state index contributed by atoms with van der Waals surface area (Å²) in [7, 11) is 1.49. The van der Waals surface area contributed by atoms with Gasteiger partial charge in [-0.05, 0) is 45.3 Å². The number of aliphatic imine (C=N–C) groups is 1. The van der Waals surface area contributed by atoms with E-state index in [2.05, 4.69) is 34.9 Å². The minimum Gasteiger partial charge on any atom is -0.357 e. The molecule has 2 N–H and O–H groups in total. The molecule has 1 aliphatic carbocycles. The van der Waals surface area contributed by atoms with Gasteiger partial charge in [0.1, 0.15) is 0 Å². The quantitative estimate of drug-likeness (QED) is 0.236. The van der Waals surface area contributed by atoms with Gasteiger partial charge in [-0.25, -0.2) is 0 Å². The third kappa shape index (κ3) is 8.68. The fourth-order valence-corrected chi connectivity index (χ4v) is 2.99. The third-order valence-electron chi connectivity index (χ3n) is 4.58. The molecule has 0 aliphatic heterocycles. The number of alkyl halides is 3. The van der Waals surface area contributed by atoms with Gasteiger partial charge in [-0.1, -0.05) is 30.3 Å². The summed E-state index contributed by atoms with van der Waals surface area (Å²) < 4.78 is 36.9. The van der Waals surface area contributed by atoms with Gasteiger partial charge in [-0.3, -0.25) is 9.89 Å². The summed E-state index contributed by atoms with van der Waals surface area (Å²) in [6.07, 6.45) is -1.24. The molecule has 0 unspecified atom stereocenters. The number of rotatable bonds is 9. The SMILES string of the molecule is CCNC(=NCC1(c2ccccc2)CC1)NCCCN(C)CC(F)(F)F.I. The molecule has 0 heterocycles. The van der Waals surface area contributed by atoms with Crippen molar-refractivity contribution in [3.8, 4) is 0 Å². The molecular weight excluding hydrogens is 468 g/mol. The van der Waals surface area contributed by atoms with Crippen LogP contribution in [0.25, 0.3) is 0 Å². The summed E-state index contributed by atoms with van der Waals surface area (Å²) in [6, 6.07) is 10.4. The Morgan fingerprint density at radius 1 is 1.19 bits per heavy atom. The van der Waals surface area contributed by atoms with Gasteiger partial charge < -0.3 is 10.6 Å². The Labute approximate surface area is 177 Å². The maximum Gasteiger partial charge on any atom is 0.401 e. The second-order valence-electron chi connectivity index (χ2n) is 6.97. The molecule has 1 aliphatic rings. The van der Waals surface area contributed by atoms with Gasteiger partial charge in [-0.15, -0.1) is 24.0 Å². The number of hydrogen-bond acceptors (Lipinski definition) is 2. The van der Waals surface area contributed by atoms with Crippen LogP contribution in [0.5, 0.6) is 0 Å². The molecule has 1 aromatic rings. The largest absolute Gasteiger partial charge is 0.401 e. The Morgan fingerprint density at radius 2 is 1.85 bits per heavy atom.